The Balaban J connectivity index is 3.06. The van der Waals surface area contributed by atoms with Gasteiger partial charge in [-0.2, -0.15) is 5.26 Å². The van der Waals surface area contributed by atoms with E-state index >= 15 is 0 Å². The normalized spacial score (nSPS) is 9.50. The summed E-state index contributed by atoms with van der Waals surface area (Å²) in [4.78, 5) is 11.2. The standard InChI is InChI=1S/C11H10BrNO/c1-8-3-2-4-9(7-13)11(8)5-10(14)6-12/h2-4H,5-6H2,1H3. The van der Waals surface area contributed by atoms with Gasteiger partial charge in [-0.15, -0.1) is 0 Å². The Labute approximate surface area is 91.7 Å². The van der Waals surface area contributed by atoms with Gasteiger partial charge < -0.3 is 0 Å². The molecule has 0 saturated heterocycles. The van der Waals surface area contributed by atoms with Crippen molar-refractivity contribution in [1.82, 2.24) is 0 Å². The lowest BCUT2D eigenvalue weighted by molar-refractivity contribution is -0.115. The molecule has 0 amide bonds. The van der Waals surface area contributed by atoms with Crippen molar-refractivity contribution in [2.45, 2.75) is 13.3 Å². The van der Waals surface area contributed by atoms with Crippen LogP contribution in [0.1, 0.15) is 16.7 Å². The monoisotopic (exact) mass is 251 g/mol. The van der Waals surface area contributed by atoms with Gasteiger partial charge in [-0.25, -0.2) is 0 Å². The maximum Gasteiger partial charge on any atom is 0.147 e. The highest BCUT2D eigenvalue weighted by Crippen LogP contribution is 2.14. The minimum atomic E-state index is 0.0933. The number of benzene rings is 1. The first-order valence-electron chi connectivity index (χ1n) is 4.25. The van der Waals surface area contributed by atoms with Crippen LogP contribution in [-0.2, 0) is 11.2 Å². The number of nitrogens with zero attached hydrogens (tertiary/aromatic N) is 1. The topological polar surface area (TPSA) is 40.9 Å². The van der Waals surface area contributed by atoms with Gasteiger partial charge >= 0.3 is 0 Å². The first-order valence-corrected chi connectivity index (χ1v) is 5.37. The van der Waals surface area contributed by atoms with Crippen molar-refractivity contribution < 1.29 is 4.79 Å². The second kappa shape index (κ2) is 4.92. The molecule has 0 unspecified atom stereocenters. The molecule has 0 N–H and O–H groups in total. The fourth-order valence-corrected chi connectivity index (χ4v) is 1.48. The highest BCUT2D eigenvalue weighted by molar-refractivity contribution is 9.09. The zero-order valence-corrected chi connectivity index (χ0v) is 9.47. The molecule has 72 valence electrons. The molecule has 1 aromatic carbocycles. The van der Waals surface area contributed by atoms with E-state index in [2.05, 4.69) is 22.0 Å². The van der Waals surface area contributed by atoms with Gasteiger partial charge in [0, 0.05) is 6.42 Å². The first-order chi connectivity index (χ1) is 6.69. The Morgan fingerprint density at radius 3 is 2.86 bits per heavy atom. The van der Waals surface area contributed by atoms with Crippen molar-refractivity contribution in [3.8, 4) is 6.07 Å². The fourth-order valence-electron chi connectivity index (χ4n) is 1.29. The summed E-state index contributed by atoms with van der Waals surface area (Å²) in [6.07, 6.45) is 0.334. The van der Waals surface area contributed by atoms with E-state index in [1.54, 1.807) is 6.07 Å². The van der Waals surface area contributed by atoms with Crippen LogP contribution in [0, 0.1) is 18.3 Å². The summed E-state index contributed by atoms with van der Waals surface area (Å²) < 4.78 is 0. The number of Topliss-reactive ketones (excluding diaryl/α,β-unsaturated/α-hetero) is 1. The number of rotatable bonds is 3. The molecule has 0 spiro atoms. The van der Waals surface area contributed by atoms with Gasteiger partial charge in [0.25, 0.3) is 0 Å². The summed E-state index contributed by atoms with van der Waals surface area (Å²) in [6.45, 7) is 1.91. The molecule has 0 saturated carbocycles. The maximum absolute atomic E-state index is 11.2. The second-order valence-electron chi connectivity index (χ2n) is 3.06. The lowest BCUT2D eigenvalue weighted by atomic mass is 9.98. The number of carbonyl (C=O) groups is 1. The number of hydrogen-bond acceptors (Lipinski definition) is 2. The van der Waals surface area contributed by atoms with Gasteiger partial charge in [-0.05, 0) is 24.1 Å². The molecular formula is C11H10BrNO. The van der Waals surface area contributed by atoms with E-state index in [4.69, 9.17) is 5.26 Å². The Morgan fingerprint density at radius 2 is 2.29 bits per heavy atom. The van der Waals surface area contributed by atoms with E-state index in [9.17, 15) is 4.79 Å². The van der Waals surface area contributed by atoms with Crippen LogP contribution in [0.25, 0.3) is 0 Å². The molecular weight excluding hydrogens is 242 g/mol. The van der Waals surface area contributed by atoms with Crippen LogP contribution in [-0.4, -0.2) is 11.1 Å². The number of nitriles is 1. The summed E-state index contributed by atoms with van der Waals surface area (Å²) >= 11 is 3.11. The molecule has 0 fully saturated rings. The Bertz CT molecular complexity index is 393. The maximum atomic E-state index is 11.2. The van der Waals surface area contributed by atoms with Crippen LogP contribution >= 0.6 is 15.9 Å². The van der Waals surface area contributed by atoms with E-state index in [1.165, 1.54) is 0 Å². The quantitative estimate of drug-likeness (QED) is 0.775. The molecule has 0 atom stereocenters. The minimum absolute atomic E-state index is 0.0933. The summed E-state index contributed by atoms with van der Waals surface area (Å²) in [5, 5.41) is 9.19. The van der Waals surface area contributed by atoms with Crippen LogP contribution in [0.3, 0.4) is 0 Å². The Morgan fingerprint density at radius 1 is 1.57 bits per heavy atom. The smallest absolute Gasteiger partial charge is 0.147 e. The van der Waals surface area contributed by atoms with Crippen LogP contribution in [0.2, 0.25) is 0 Å². The minimum Gasteiger partial charge on any atom is -0.298 e. The van der Waals surface area contributed by atoms with Crippen LogP contribution in [0.15, 0.2) is 18.2 Å². The third kappa shape index (κ3) is 2.43. The summed E-state index contributed by atoms with van der Waals surface area (Å²) in [5.74, 6) is 0.0933. The highest BCUT2D eigenvalue weighted by atomic mass is 79.9. The lowest BCUT2D eigenvalue weighted by Gasteiger charge is -2.05. The Kier molecular flexibility index (Phi) is 3.84. The molecule has 0 aliphatic rings. The van der Waals surface area contributed by atoms with E-state index in [0.29, 0.717) is 17.3 Å². The van der Waals surface area contributed by atoms with Crippen molar-refractivity contribution in [2.75, 3.05) is 5.33 Å². The third-order valence-electron chi connectivity index (χ3n) is 2.05. The molecule has 0 bridgehead atoms. The van der Waals surface area contributed by atoms with Crippen molar-refractivity contribution in [2.24, 2.45) is 0 Å². The lowest BCUT2D eigenvalue weighted by Crippen LogP contribution is -2.06. The van der Waals surface area contributed by atoms with E-state index in [0.717, 1.165) is 11.1 Å². The molecule has 0 heterocycles. The number of carbonyl (C=O) groups excluding carboxylic acids is 1. The van der Waals surface area contributed by atoms with Gasteiger partial charge in [0.1, 0.15) is 5.78 Å². The molecule has 14 heavy (non-hydrogen) atoms. The van der Waals surface area contributed by atoms with Crippen LogP contribution in [0.4, 0.5) is 0 Å². The molecule has 2 nitrogen and oxygen atoms in total. The van der Waals surface area contributed by atoms with Gasteiger partial charge in [0.15, 0.2) is 0 Å². The van der Waals surface area contributed by atoms with Crippen molar-refractivity contribution in [1.29, 1.82) is 5.26 Å². The number of alkyl halides is 1. The molecule has 0 radical (unpaired) electrons. The van der Waals surface area contributed by atoms with Gasteiger partial charge in [0.05, 0.1) is 17.0 Å². The highest BCUT2D eigenvalue weighted by Gasteiger charge is 2.08. The predicted molar refractivity (Wildman–Crippen MR) is 58.4 cm³/mol. The average molecular weight is 252 g/mol. The zero-order valence-electron chi connectivity index (χ0n) is 7.88. The molecule has 0 aromatic heterocycles. The van der Waals surface area contributed by atoms with Gasteiger partial charge in [-0.3, -0.25) is 4.79 Å². The van der Waals surface area contributed by atoms with E-state index < -0.39 is 0 Å². The number of hydrogen-bond donors (Lipinski definition) is 0. The molecule has 1 aromatic rings. The van der Waals surface area contributed by atoms with Crippen molar-refractivity contribution in [3.63, 3.8) is 0 Å². The molecule has 0 aliphatic carbocycles. The molecule has 1 rings (SSSR count). The second-order valence-corrected chi connectivity index (χ2v) is 3.62. The van der Waals surface area contributed by atoms with Gasteiger partial charge in [-0.1, -0.05) is 28.1 Å². The molecule has 0 aliphatic heterocycles. The summed E-state index contributed by atoms with van der Waals surface area (Å²) in [5.41, 5.74) is 2.44. The summed E-state index contributed by atoms with van der Waals surface area (Å²) in [7, 11) is 0. The van der Waals surface area contributed by atoms with E-state index in [1.807, 2.05) is 19.1 Å². The number of aryl methyl sites for hydroxylation is 1. The number of halogens is 1. The Hall–Kier alpha value is -1.14. The van der Waals surface area contributed by atoms with Crippen LogP contribution < -0.4 is 0 Å². The molecule has 3 heteroatoms. The summed E-state index contributed by atoms with van der Waals surface area (Å²) in [6, 6.07) is 7.58. The van der Waals surface area contributed by atoms with Gasteiger partial charge in [0.2, 0.25) is 0 Å². The first kappa shape index (κ1) is 10.9. The third-order valence-corrected chi connectivity index (χ3v) is 2.68. The average Bonchev–Trinajstić information content (AvgIpc) is 2.20. The SMILES string of the molecule is Cc1cccc(C#N)c1CC(=O)CBr. The van der Waals surface area contributed by atoms with Crippen LogP contribution in [0.5, 0.6) is 0 Å². The van der Waals surface area contributed by atoms with Crippen molar-refractivity contribution in [3.05, 3.63) is 34.9 Å². The largest absolute Gasteiger partial charge is 0.298 e. The van der Waals surface area contributed by atoms with E-state index in [-0.39, 0.29) is 5.78 Å². The van der Waals surface area contributed by atoms with Crippen molar-refractivity contribution >= 4 is 21.7 Å². The zero-order chi connectivity index (χ0) is 10.6. The number of ketones is 1. The predicted octanol–water partition coefficient (Wildman–Crippen LogP) is 2.37. The fraction of sp³-hybridized carbons (Fsp3) is 0.273.